The van der Waals surface area contributed by atoms with E-state index in [-0.39, 0.29) is 24.9 Å². The molecule has 0 radical (unpaired) electrons. The van der Waals surface area contributed by atoms with Gasteiger partial charge in [0.15, 0.2) is 5.82 Å². The number of hydrogen-bond donors (Lipinski definition) is 3. The highest BCUT2D eigenvalue weighted by Gasteiger charge is 2.40. The molecule has 4 rings (SSSR count). The first-order valence-electron chi connectivity index (χ1n) is 12.0. The number of aromatic amines is 1. The monoisotopic (exact) mass is 510 g/mol. The van der Waals surface area contributed by atoms with Gasteiger partial charge in [-0.05, 0) is 43.7 Å². The predicted molar refractivity (Wildman–Crippen MR) is 136 cm³/mol. The molecule has 3 aromatic rings. The number of carbonyl (C=O) groups is 1. The molecule has 1 saturated heterocycles. The summed E-state index contributed by atoms with van der Waals surface area (Å²) < 4.78 is 30.5. The molecule has 2 aromatic heterocycles. The van der Waals surface area contributed by atoms with Crippen LogP contribution in [0.4, 0.5) is 10.3 Å². The van der Waals surface area contributed by atoms with E-state index in [1.807, 2.05) is 0 Å². The zero-order chi connectivity index (χ0) is 26.3. The Morgan fingerprint density at radius 3 is 2.73 bits per heavy atom. The molecule has 0 spiro atoms. The summed E-state index contributed by atoms with van der Waals surface area (Å²) in [6.45, 7) is 7.33. The van der Waals surface area contributed by atoms with Crippen LogP contribution in [0.3, 0.4) is 0 Å². The quantitative estimate of drug-likeness (QED) is 0.265. The lowest BCUT2D eigenvalue weighted by Gasteiger charge is -2.35. The normalized spacial score (nSPS) is 19.4. The number of H-pyrrole nitrogens is 1. The Hall–Kier alpha value is -3.67. The number of ether oxygens (including phenoxy) is 3. The predicted octanol–water partition coefficient (Wildman–Crippen LogP) is 3.48. The minimum Gasteiger partial charge on any atom is -0.385 e. The van der Waals surface area contributed by atoms with Gasteiger partial charge in [0.2, 0.25) is 18.1 Å². The zero-order valence-corrected chi connectivity index (χ0v) is 20.9. The van der Waals surface area contributed by atoms with E-state index in [2.05, 4.69) is 32.2 Å². The maximum absolute atomic E-state index is 13.6. The van der Waals surface area contributed by atoms with Gasteiger partial charge in [0, 0.05) is 38.6 Å². The molecule has 3 N–H and O–H groups in total. The zero-order valence-electron chi connectivity index (χ0n) is 20.9. The number of nitrogens with zero attached hydrogens (tertiary/aromatic N) is 3. The van der Waals surface area contributed by atoms with E-state index in [1.165, 1.54) is 12.1 Å². The fraction of sp³-hybridized carbons (Fsp3) is 0.385. The van der Waals surface area contributed by atoms with E-state index < -0.39 is 11.7 Å². The largest absolute Gasteiger partial charge is 0.385 e. The highest BCUT2D eigenvalue weighted by molar-refractivity contribution is 5.82. The second-order valence-electron chi connectivity index (χ2n) is 8.90. The van der Waals surface area contributed by atoms with E-state index in [4.69, 9.17) is 19.2 Å². The highest BCUT2D eigenvalue weighted by atomic mass is 19.1. The summed E-state index contributed by atoms with van der Waals surface area (Å²) in [5.41, 5.74) is 1.60. The molecule has 0 atom stereocenters. The lowest BCUT2D eigenvalue weighted by Crippen LogP contribution is -2.48. The van der Waals surface area contributed by atoms with Crippen LogP contribution in [-0.4, -0.2) is 65.9 Å². The maximum Gasteiger partial charge on any atom is 0.230 e. The van der Waals surface area contributed by atoms with Crippen LogP contribution in [0, 0.1) is 11.2 Å². The topological polar surface area (TPSA) is 123 Å². The van der Waals surface area contributed by atoms with Gasteiger partial charge < -0.3 is 29.8 Å². The summed E-state index contributed by atoms with van der Waals surface area (Å²) in [4.78, 5) is 29.4. The van der Waals surface area contributed by atoms with Gasteiger partial charge in [-0.25, -0.2) is 19.3 Å². The first-order chi connectivity index (χ1) is 17.9. The van der Waals surface area contributed by atoms with Crippen LogP contribution in [0.5, 0.6) is 0 Å². The molecule has 1 aliphatic rings. The van der Waals surface area contributed by atoms with Crippen molar-refractivity contribution in [3.8, 4) is 22.6 Å². The van der Waals surface area contributed by atoms with Crippen LogP contribution in [0.1, 0.15) is 25.5 Å². The average molecular weight is 511 g/mol. The number of amides is 1. The van der Waals surface area contributed by atoms with Crippen LogP contribution in [-0.2, 0) is 19.0 Å². The minimum absolute atomic E-state index is 0.144. The van der Waals surface area contributed by atoms with Crippen LogP contribution in [0.25, 0.3) is 22.6 Å². The standard InChI is InChI=1S/C26H31FN6O4/c1-4-11-28-24(34)26(2)15-36-23(37-16-26)22-32-20(17-6-8-18(27)9-7-17)21(33-22)19-10-13-30-25(31-19)29-12-5-14-35-3/h4,6-10,13,23H,1,5,11-12,14-16H2,2-3H3,(H,28,34)(H,32,33)(H,29,30,31). The second-order valence-corrected chi connectivity index (χ2v) is 8.90. The Labute approximate surface area is 214 Å². The van der Waals surface area contributed by atoms with Crippen LogP contribution >= 0.6 is 0 Å². The molecule has 0 saturated carbocycles. The number of aromatic nitrogens is 4. The Morgan fingerprint density at radius 2 is 2.03 bits per heavy atom. The molecular formula is C26H31FN6O4. The van der Waals surface area contributed by atoms with E-state index in [9.17, 15) is 9.18 Å². The first kappa shape index (κ1) is 26.4. The summed E-state index contributed by atoms with van der Waals surface area (Å²) in [7, 11) is 1.65. The van der Waals surface area contributed by atoms with Crippen LogP contribution in [0.15, 0.2) is 49.2 Å². The molecule has 10 nitrogen and oxygen atoms in total. The van der Waals surface area contributed by atoms with E-state index in [0.29, 0.717) is 54.1 Å². The number of hydrogen-bond acceptors (Lipinski definition) is 8. The Bertz CT molecular complexity index is 1210. The number of carbonyl (C=O) groups excluding carboxylic acids is 1. The Kier molecular flexibility index (Phi) is 8.59. The number of halogens is 1. The molecule has 0 unspecified atom stereocenters. The fourth-order valence-corrected chi connectivity index (χ4v) is 3.78. The van der Waals surface area contributed by atoms with Gasteiger partial charge in [0.1, 0.15) is 5.82 Å². The van der Waals surface area contributed by atoms with Gasteiger partial charge in [-0.15, -0.1) is 6.58 Å². The number of rotatable bonds is 11. The molecule has 11 heteroatoms. The van der Waals surface area contributed by atoms with Gasteiger partial charge in [-0.1, -0.05) is 6.08 Å². The summed E-state index contributed by atoms with van der Waals surface area (Å²) in [5.74, 6) is 0.348. The molecule has 1 amide bonds. The SMILES string of the molecule is C=CCNC(=O)C1(C)COC(c2nc(-c3ccc(F)cc3)c(-c3ccnc(NCCCOC)n3)[nH]2)OC1. The summed E-state index contributed by atoms with van der Waals surface area (Å²) >= 11 is 0. The molecule has 3 heterocycles. The van der Waals surface area contributed by atoms with Crippen molar-refractivity contribution in [1.82, 2.24) is 25.3 Å². The summed E-state index contributed by atoms with van der Waals surface area (Å²) in [6, 6.07) is 7.80. The number of nitrogens with one attached hydrogen (secondary N) is 3. The third-order valence-electron chi connectivity index (χ3n) is 5.84. The van der Waals surface area contributed by atoms with Gasteiger partial charge in [0.05, 0.1) is 35.7 Å². The van der Waals surface area contributed by atoms with E-state index in [0.717, 1.165) is 6.42 Å². The molecule has 37 heavy (non-hydrogen) atoms. The lowest BCUT2D eigenvalue weighted by atomic mass is 9.91. The van der Waals surface area contributed by atoms with Crippen molar-refractivity contribution >= 4 is 11.9 Å². The highest BCUT2D eigenvalue weighted by Crippen LogP contribution is 2.35. The lowest BCUT2D eigenvalue weighted by molar-refractivity contribution is -0.230. The molecule has 1 aromatic carbocycles. The molecule has 0 bridgehead atoms. The van der Waals surface area contributed by atoms with Crippen molar-refractivity contribution in [1.29, 1.82) is 0 Å². The molecular weight excluding hydrogens is 479 g/mol. The Balaban J connectivity index is 1.59. The number of imidazole rings is 1. The van der Waals surface area contributed by atoms with Crippen molar-refractivity contribution < 1.29 is 23.4 Å². The third-order valence-corrected chi connectivity index (χ3v) is 5.84. The molecule has 196 valence electrons. The summed E-state index contributed by atoms with van der Waals surface area (Å²) in [6.07, 6.45) is 3.25. The van der Waals surface area contributed by atoms with Crippen LogP contribution < -0.4 is 10.6 Å². The maximum atomic E-state index is 13.6. The van der Waals surface area contributed by atoms with E-state index >= 15 is 0 Å². The number of anilines is 1. The van der Waals surface area contributed by atoms with Gasteiger partial charge in [0.25, 0.3) is 0 Å². The van der Waals surface area contributed by atoms with Crippen LogP contribution in [0.2, 0.25) is 0 Å². The van der Waals surface area contributed by atoms with Gasteiger partial charge in [-0.2, -0.15) is 0 Å². The molecule has 1 aliphatic heterocycles. The molecule has 1 fully saturated rings. The van der Waals surface area contributed by atoms with Crippen molar-refractivity contribution in [2.75, 3.05) is 45.3 Å². The fourth-order valence-electron chi connectivity index (χ4n) is 3.78. The van der Waals surface area contributed by atoms with Crippen molar-refractivity contribution in [3.05, 3.63) is 60.8 Å². The van der Waals surface area contributed by atoms with Gasteiger partial charge >= 0.3 is 0 Å². The first-order valence-corrected chi connectivity index (χ1v) is 12.0. The second kappa shape index (κ2) is 12.0. The number of benzene rings is 1. The number of methoxy groups -OCH3 is 1. The van der Waals surface area contributed by atoms with Crippen molar-refractivity contribution in [2.24, 2.45) is 5.41 Å². The summed E-state index contributed by atoms with van der Waals surface area (Å²) in [5, 5.41) is 5.97. The minimum atomic E-state index is -0.842. The van der Waals surface area contributed by atoms with E-state index in [1.54, 1.807) is 44.5 Å². The van der Waals surface area contributed by atoms with Gasteiger partial charge in [-0.3, -0.25) is 4.79 Å². The van der Waals surface area contributed by atoms with Crippen molar-refractivity contribution in [3.63, 3.8) is 0 Å². The smallest absolute Gasteiger partial charge is 0.230 e. The molecule has 0 aliphatic carbocycles. The third kappa shape index (κ3) is 6.37. The average Bonchev–Trinajstić information content (AvgIpc) is 3.36. The Morgan fingerprint density at radius 1 is 1.27 bits per heavy atom. The van der Waals surface area contributed by atoms with Crippen molar-refractivity contribution in [2.45, 2.75) is 19.6 Å².